The van der Waals surface area contributed by atoms with Gasteiger partial charge in [0.25, 0.3) is 0 Å². The molecule has 33 heavy (non-hydrogen) atoms. The smallest absolute Gasteiger partial charge is 0.166 e. The summed E-state index contributed by atoms with van der Waals surface area (Å²) in [5.74, 6) is 1.25. The van der Waals surface area contributed by atoms with Gasteiger partial charge in [-0.2, -0.15) is 0 Å². The molecule has 1 aromatic rings. The van der Waals surface area contributed by atoms with Crippen molar-refractivity contribution >= 4 is 5.57 Å². The summed E-state index contributed by atoms with van der Waals surface area (Å²) in [5, 5.41) is 0. The molecular weight excluding hydrogens is 410 g/mol. The van der Waals surface area contributed by atoms with Gasteiger partial charge in [0.15, 0.2) is 11.6 Å². The molecule has 1 fully saturated rings. The molecule has 0 heterocycles. The second-order valence-electron chi connectivity index (χ2n) is 10.6. The van der Waals surface area contributed by atoms with Gasteiger partial charge in [-0.3, -0.25) is 0 Å². The van der Waals surface area contributed by atoms with E-state index in [4.69, 9.17) is 0 Å². The largest absolute Gasteiger partial charge is 0.203 e. The van der Waals surface area contributed by atoms with Crippen LogP contribution in [0.3, 0.4) is 0 Å². The van der Waals surface area contributed by atoms with Gasteiger partial charge in [-0.15, -0.1) is 0 Å². The number of unbranched alkanes of at least 4 members (excludes halogenated alkanes) is 5. The van der Waals surface area contributed by atoms with E-state index in [9.17, 15) is 8.78 Å². The maximum Gasteiger partial charge on any atom is 0.166 e. The van der Waals surface area contributed by atoms with Gasteiger partial charge in [0.1, 0.15) is 0 Å². The first-order valence-corrected chi connectivity index (χ1v) is 13.9. The first kappa shape index (κ1) is 26.2. The first-order valence-electron chi connectivity index (χ1n) is 13.9. The highest BCUT2D eigenvalue weighted by Crippen LogP contribution is 2.42. The van der Waals surface area contributed by atoms with Gasteiger partial charge in [0.05, 0.1) is 0 Å². The first-order chi connectivity index (χ1) is 16.1. The van der Waals surface area contributed by atoms with Crippen LogP contribution in [0.2, 0.25) is 0 Å². The summed E-state index contributed by atoms with van der Waals surface area (Å²) in [6.45, 7) is 4.27. The molecule has 1 aromatic carbocycles. The lowest BCUT2D eigenvalue weighted by molar-refractivity contribution is 0.187. The average molecular weight is 457 g/mol. The van der Waals surface area contributed by atoms with Crippen LogP contribution >= 0.6 is 0 Å². The topological polar surface area (TPSA) is 0 Å². The van der Waals surface area contributed by atoms with Crippen LogP contribution in [0.4, 0.5) is 8.78 Å². The predicted molar refractivity (Wildman–Crippen MR) is 138 cm³/mol. The van der Waals surface area contributed by atoms with Crippen LogP contribution in [-0.4, -0.2) is 0 Å². The molecule has 2 aliphatic rings. The third kappa shape index (κ3) is 7.79. The molecule has 0 nitrogen and oxygen atoms in total. The van der Waals surface area contributed by atoms with Crippen molar-refractivity contribution in [3.63, 3.8) is 0 Å². The Hall–Kier alpha value is -1.44. The Morgan fingerprint density at radius 2 is 1.70 bits per heavy atom. The van der Waals surface area contributed by atoms with E-state index < -0.39 is 11.6 Å². The fraction of sp³-hybridized carbons (Fsp3) is 0.677. The number of allylic oxidation sites excluding steroid dienone is 4. The monoisotopic (exact) mass is 456 g/mol. The van der Waals surface area contributed by atoms with E-state index >= 15 is 0 Å². The van der Waals surface area contributed by atoms with Crippen LogP contribution in [0.25, 0.3) is 5.57 Å². The van der Waals surface area contributed by atoms with Crippen molar-refractivity contribution in [2.45, 2.75) is 117 Å². The van der Waals surface area contributed by atoms with Gasteiger partial charge in [0, 0.05) is 5.56 Å². The van der Waals surface area contributed by atoms with Gasteiger partial charge in [0.2, 0.25) is 0 Å². The van der Waals surface area contributed by atoms with Crippen molar-refractivity contribution < 1.29 is 8.78 Å². The highest BCUT2D eigenvalue weighted by atomic mass is 19.2. The predicted octanol–water partition coefficient (Wildman–Crippen LogP) is 10.2. The van der Waals surface area contributed by atoms with Crippen LogP contribution in [0, 0.1) is 29.4 Å². The summed E-state index contributed by atoms with van der Waals surface area (Å²) in [6, 6.07) is 3.66. The Morgan fingerprint density at radius 1 is 0.879 bits per heavy atom. The SMILES string of the molecule is CC=CCCCCC1CCC(C2CC=C(c3ccc(CCCCCC)c(F)c3F)CC2)CC1. The molecule has 1 unspecified atom stereocenters. The van der Waals surface area contributed by atoms with Crippen molar-refractivity contribution in [3.05, 3.63) is 53.1 Å². The molecule has 184 valence electrons. The molecule has 2 aliphatic carbocycles. The maximum absolute atomic E-state index is 14.9. The minimum absolute atomic E-state index is 0.505. The molecule has 2 heteroatoms. The second-order valence-corrected chi connectivity index (χ2v) is 10.6. The standard InChI is InChI=1S/C31H46F2/c1-3-5-7-9-10-12-24-14-16-25(17-15-24)26-18-20-27(21-19-26)29-23-22-28(30(32)31(29)33)13-11-8-6-4-2/h3,5,20,22-26H,4,6-19,21H2,1-2H3. The molecule has 0 saturated heterocycles. The molecule has 0 spiro atoms. The fourth-order valence-electron chi connectivity index (χ4n) is 6.11. The van der Waals surface area contributed by atoms with Crippen molar-refractivity contribution in [2.75, 3.05) is 0 Å². The number of benzene rings is 1. The molecular formula is C31H46F2. The minimum Gasteiger partial charge on any atom is -0.203 e. The van der Waals surface area contributed by atoms with Crippen LogP contribution < -0.4 is 0 Å². The Morgan fingerprint density at radius 3 is 2.39 bits per heavy atom. The molecule has 0 N–H and O–H groups in total. The van der Waals surface area contributed by atoms with Crippen LogP contribution in [0.15, 0.2) is 30.4 Å². The summed E-state index contributed by atoms with van der Waals surface area (Å²) in [4.78, 5) is 0. The number of aryl methyl sites for hydroxylation is 1. The van der Waals surface area contributed by atoms with Crippen molar-refractivity contribution in [2.24, 2.45) is 17.8 Å². The molecule has 0 aromatic heterocycles. The minimum atomic E-state index is -0.623. The van der Waals surface area contributed by atoms with Crippen molar-refractivity contribution in [1.82, 2.24) is 0 Å². The van der Waals surface area contributed by atoms with E-state index in [1.165, 1.54) is 51.4 Å². The average Bonchev–Trinajstić information content (AvgIpc) is 2.85. The number of rotatable bonds is 12. The van der Waals surface area contributed by atoms with Gasteiger partial charge in [-0.05, 0) is 93.6 Å². The number of hydrogen-bond acceptors (Lipinski definition) is 0. The van der Waals surface area contributed by atoms with Crippen LogP contribution in [-0.2, 0) is 6.42 Å². The van der Waals surface area contributed by atoms with Gasteiger partial charge >= 0.3 is 0 Å². The summed E-state index contributed by atoms with van der Waals surface area (Å²) >= 11 is 0. The maximum atomic E-state index is 14.9. The van der Waals surface area contributed by atoms with Crippen molar-refractivity contribution in [3.8, 4) is 0 Å². The zero-order valence-corrected chi connectivity index (χ0v) is 21.2. The highest BCUT2D eigenvalue weighted by molar-refractivity contribution is 5.67. The Labute approximate surface area is 201 Å². The van der Waals surface area contributed by atoms with Gasteiger partial charge < -0.3 is 0 Å². The molecule has 1 atom stereocenters. The Bertz CT molecular complexity index is 767. The lowest BCUT2D eigenvalue weighted by Gasteiger charge is -2.35. The lowest BCUT2D eigenvalue weighted by atomic mass is 9.70. The zero-order chi connectivity index (χ0) is 23.5. The quantitative estimate of drug-likeness (QED) is 0.217. The van der Waals surface area contributed by atoms with Gasteiger partial charge in [-0.25, -0.2) is 8.78 Å². The van der Waals surface area contributed by atoms with Crippen LogP contribution in [0.5, 0.6) is 0 Å². The highest BCUT2D eigenvalue weighted by Gasteiger charge is 2.29. The van der Waals surface area contributed by atoms with Crippen molar-refractivity contribution in [1.29, 1.82) is 0 Å². The third-order valence-electron chi connectivity index (χ3n) is 8.29. The molecule has 3 rings (SSSR count). The summed E-state index contributed by atoms with van der Waals surface area (Å²) < 4.78 is 29.5. The lowest BCUT2D eigenvalue weighted by Crippen LogP contribution is -2.23. The molecule has 0 radical (unpaired) electrons. The number of halogens is 2. The summed E-state index contributed by atoms with van der Waals surface area (Å²) in [6.07, 6.45) is 25.5. The molecule has 0 aliphatic heterocycles. The second kappa shape index (κ2) is 14.1. The van der Waals surface area contributed by atoms with E-state index in [1.807, 2.05) is 12.1 Å². The number of hydrogen-bond donors (Lipinski definition) is 0. The molecule has 0 amide bonds. The van der Waals surface area contributed by atoms with E-state index in [0.29, 0.717) is 17.5 Å². The zero-order valence-electron chi connectivity index (χ0n) is 21.2. The van der Waals surface area contributed by atoms with E-state index in [0.717, 1.165) is 68.3 Å². The van der Waals surface area contributed by atoms with E-state index in [2.05, 4.69) is 32.1 Å². The molecule has 0 bridgehead atoms. The summed E-state index contributed by atoms with van der Waals surface area (Å²) in [7, 11) is 0. The van der Waals surface area contributed by atoms with E-state index in [-0.39, 0.29) is 0 Å². The van der Waals surface area contributed by atoms with Crippen LogP contribution in [0.1, 0.15) is 121 Å². The Balaban J connectivity index is 1.46. The Kier molecular flexibility index (Phi) is 11.2. The normalized spacial score (nSPS) is 23.8. The fourth-order valence-corrected chi connectivity index (χ4v) is 6.11. The van der Waals surface area contributed by atoms with E-state index in [1.54, 1.807) is 0 Å². The third-order valence-corrected chi connectivity index (χ3v) is 8.29. The van der Waals surface area contributed by atoms with Gasteiger partial charge in [-0.1, -0.05) is 82.2 Å². The molecule has 1 saturated carbocycles. The summed E-state index contributed by atoms with van der Waals surface area (Å²) in [5.41, 5.74) is 2.07.